The average Bonchev–Trinajstić information content (AvgIpc) is 1.61. The number of rotatable bonds is 6. The van der Waals surface area contributed by atoms with Gasteiger partial charge in [-0.05, 0) is 202 Å². The molecule has 0 bridgehead atoms. The Morgan fingerprint density at radius 1 is 0.241 bits per heavy atom. The van der Waals surface area contributed by atoms with Crippen LogP contribution in [0.2, 0.25) is 0 Å². The summed E-state index contributed by atoms with van der Waals surface area (Å²) in [5.41, 5.74) is 11.0. The van der Waals surface area contributed by atoms with Crippen molar-refractivity contribution >= 4 is 182 Å². The molecule has 0 saturated carbocycles. The van der Waals surface area contributed by atoms with Crippen molar-refractivity contribution in [2.45, 2.75) is 194 Å². The summed E-state index contributed by atoms with van der Waals surface area (Å²) in [7, 11) is -1.89. The summed E-state index contributed by atoms with van der Waals surface area (Å²) in [6.45, 7) is 41.4. The molecular weight excluding hydrogens is 1470 g/mol. The van der Waals surface area contributed by atoms with Crippen molar-refractivity contribution in [1.82, 2.24) is 4.98 Å². The van der Waals surface area contributed by atoms with Crippen molar-refractivity contribution in [1.29, 1.82) is 0 Å². The standard InChI is InChI=1S/C24H23BO2S.3C18H19BO3.C17H18BNO3/c1-23(2)24(3,4)27-25(26-23)20-15-9-14-19-18-13-8-12-17(21(18)28-22(19)20)16-10-6-5-7-11-16;1-17(2)18(3,4)22-19(21-17)14-10-7-9-13-12-8-5-6-11-15(12)20-16(13)14;1-17(2)18(3,4)22-19(21-17)12-9-10-16-14(11-12)13-7-5-6-8-15(13)20-16;1-17(2)18(3,4)22-19(21-17)12-9-10-14-13-7-5-6-8-15(13)20-16(14)11-12;1-16(2)17(3,4)22-18(21-16)13-7-5-6-12-11-8-9-19-10-14(11)20-15(12)13/h5-15H,1-4H3;3*5-11H,1-4H3;5-10H,1-4H3. The number of pyridine rings is 1. The Morgan fingerprint density at radius 2 is 0.578 bits per heavy atom. The molecule has 21 heteroatoms. The molecule has 0 N–H and O–H groups in total. The molecule has 21 rings (SSSR count). The van der Waals surface area contributed by atoms with Crippen LogP contribution in [-0.2, 0) is 46.5 Å². The Bertz CT molecular complexity index is 6180. The second-order valence-electron chi connectivity index (χ2n) is 36.0. The van der Waals surface area contributed by atoms with Gasteiger partial charge in [0.2, 0.25) is 0 Å². The van der Waals surface area contributed by atoms with Crippen LogP contribution in [0.25, 0.3) is 119 Å². The van der Waals surface area contributed by atoms with E-state index >= 15 is 0 Å². The molecule has 15 nitrogen and oxygen atoms in total. The third-order valence-corrected chi connectivity index (χ3v) is 27.1. The molecule has 6 aromatic heterocycles. The van der Waals surface area contributed by atoms with Gasteiger partial charge in [-0.15, -0.1) is 11.3 Å². The fourth-order valence-electron chi connectivity index (χ4n) is 15.3. The Kier molecular flexibility index (Phi) is 19.6. The van der Waals surface area contributed by atoms with E-state index < -0.39 is 14.2 Å². The van der Waals surface area contributed by atoms with Crippen LogP contribution in [0.5, 0.6) is 0 Å². The minimum Gasteiger partial charge on any atom is -0.456 e. The number of fused-ring (bicyclic) bond motifs is 15. The van der Waals surface area contributed by atoms with E-state index in [2.05, 4.69) is 259 Å². The van der Waals surface area contributed by atoms with E-state index in [0.717, 1.165) is 115 Å². The molecule has 0 unspecified atom stereocenters. The van der Waals surface area contributed by atoms with E-state index in [1.807, 2.05) is 114 Å². The number of benzene rings is 10. The van der Waals surface area contributed by atoms with Gasteiger partial charge in [0.05, 0.1) is 62.2 Å². The van der Waals surface area contributed by atoms with Gasteiger partial charge in [0.1, 0.15) is 39.1 Å². The van der Waals surface area contributed by atoms with Crippen molar-refractivity contribution in [3.05, 3.63) is 231 Å². The Morgan fingerprint density at radius 3 is 1.08 bits per heavy atom. The zero-order chi connectivity index (χ0) is 81.7. The summed E-state index contributed by atoms with van der Waals surface area (Å²) >= 11 is 1.84. The third-order valence-electron chi connectivity index (χ3n) is 25.8. The zero-order valence-electron chi connectivity index (χ0n) is 69.9. The summed E-state index contributed by atoms with van der Waals surface area (Å²) in [5.74, 6) is 0. The molecule has 588 valence electrons. The lowest BCUT2D eigenvalue weighted by atomic mass is 9.78. The SMILES string of the molecule is CC1(C)OB(c2ccc3c(c2)oc2ccccc23)OC1(C)C.CC1(C)OB(c2ccc3oc4ccccc4c3c2)OC1(C)C.CC1(C)OB(c2cccc3c2oc2ccccc23)OC1(C)C.CC1(C)OB(c2cccc3c2oc2cnccc23)OC1(C)C.CC1(C)OB(c2cccc3c2sc2c(-c4ccccc4)cccc23)OC1(C)C. The summed E-state index contributed by atoms with van der Waals surface area (Å²) in [5, 5.41) is 11.4. The predicted molar refractivity (Wildman–Crippen MR) is 476 cm³/mol. The van der Waals surface area contributed by atoms with Crippen molar-refractivity contribution in [2.75, 3.05) is 0 Å². The van der Waals surface area contributed by atoms with Crippen molar-refractivity contribution in [2.24, 2.45) is 0 Å². The first-order valence-corrected chi connectivity index (χ1v) is 41.0. The highest BCUT2D eigenvalue weighted by atomic mass is 32.1. The largest absolute Gasteiger partial charge is 0.498 e. The Hall–Kier alpha value is -9.31. The molecule has 5 aliphatic rings. The molecule has 5 fully saturated rings. The highest BCUT2D eigenvalue weighted by Gasteiger charge is 2.57. The van der Waals surface area contributed by atoms with Crippen LogP contribution in [0.4, 0.5) is 0 Å². The molecule has 16 aromatic rings. The monoisotopic (exact) mass is 1560 g/mol. The Balaban J connectivity index is 0.000000105. The average molecular weight is 1560 g/mol. The maximum Gasteiger partial charge on any atom is 0.498 e. The summed E-state index contributed by atoms with van der Waals surface area (Å²) in [6.07, 6.45) is 3.52. The number of aromatic nitrogens is 1. The van der Waals surface area contributed by atoms with E-state index in [1.54, 1.807) is 12.4 Å². The quantitative estimate of drug-likeness (QED) is 0.145. The van der Waals surface area contributed by atoms with Gasteiger partial charge < -0.3 is 64.2 Å². The van der Waals surface area contributed by atoms with E-state index in [4.69, 9.17) is 64.2 Å². The van der Waals surface area contributed by atoms with Gasteiger partial charge in [0, 0.05) is 80.5 Å². The normalized spacial score (nSPS) is 19.6. The van der Waals surface area contributed by atoms with E-state index in [-0.39, 0.29) is 77.4 Å². The van der Waals surface area contributed by atoms with Crippen LogP contribution in [0.15, 0.2) is 248 Å². The van der Waals surface area contributed by atoms with Gasteiger partial charge in [0.25, 0.3) is 0 Å². The minimum atomic E-state index is -0.428. The molecule has 10 aromatic carbocycles. The summed E-state index contributed by atoms with van der Waals surface area (Å²) < 4.78 is 88.3. The van der Waals surface area contributed by atoms with Crippen LogP contribution < -0.4 is 27.3 Å². The number of nitrogens with zero attached hydrogens (tertiary/aromatic N) is 1. The van der Waals surface area contributed by atoms with E-state index in [1.165, 1.54) is 31.3 Å². The number of furan rings is 4. The van der Waals surface area contributed by atoms with Crippen LogP contribution in [0, 0.1) is 0 Å². The first-order chi connectivity index (χ1) is 54.9. The molecule has 0 amide bonds. The Labute approximate surface area is 683 Å². The van der Waals surface area contributed by atoms with Crippen LogP contribution >= 0.6 is 11.3 Å². The minimum absolute atomic E-state index is 0.328. The second kappa shape index (κ2) is 28.8. The topological polar surface area (TPSA) is 158 Å². The van der Waals surface area contributed by atoms with Gasteiger partial charge in [-0.2, -0.15) is 0 Å². The number of hydrogen-bond acceptors (Lipinski definition) is 16. The molecule has 0 spiro atoms. The zero-order valence-corrected chi connectivity index (χ0v) is 70.7. The fraction of sp³-hybridized carbons (Fsp3) is 0.316. The molecule has 0 atom stereocenters. The molecule has 116 heavy (non-hydrogen) atoms. The van der Waals surface area contributed by atoms with Crippen LogP contribution in [-0.4, -0.2) is 96.6 Å². The van der Waals surface area contributed by atoms with Gasteiger partial charge in [0.15, 0.2) is 5.58 Å². The lowest BCUT2D eigenvalue weighted by molar-refractivity contribution is 0.00578. The molecule has 11 heterocycles. The third kappa shape index (κ3) is 14.0. The molecule has 5 aliphatic heterocycles. The van der Waals surface area contributed by atoms with Crippen molar-refractivity contribution in [3.63, 3.8) is 0 Å². The van der Waals surface area contributed by atoms with Gasteiger partial charge in [-0.3, -0.25) is 4.98 Å². The predicted octanol–water partition coefficient (Wildman–Crippen LogP) is 21.0. The highest BCUT2D eigenvalue weighted by Crippen LogP contribution is 2.46. The van der Waals surface area contributed by atoms with Gasteiger partial charge >= 0.3 is 35.6 Å². The number of hydrogen-bond donors (Lipinski definition) is 0. The molecular formula is C95H98B5NO14S. The van der Waals surface area contributed by atoms with E-state index in [0.29, 0.717) is 0 Å². The first-order valence-electron chi connectivity index (χ1n) is 40.2. The number of thiophene rings is 1. The lowest BCUT2D eigenvalue weighted by Crippen LogP contribution is -2.41. The molecule has 0 radical (unpaired) electrons. The lowest BCUT2D eigenvalue weighted by Gasteiger charge is -2.32. The van der Waals surface area contributed by atoms with E-state index in [9.17, 15) is 0 Å². The van der Waals surface area contributed by atoms with Gasteiger partial charge in [-0.1, -0.05) is 182 Å². The van der Waals surface area contributed by atoms with Crippen LogP contribution in [0.3, 0.4) is 0 Å². The highest BCUT2D eigenvalue weighted by molar-refractivity contribution is 7.27. The smallest absolute Gasteiger partial charge is 0.456 e. The van der Waals surface area contributed by atoms with Gasteiger partial charge in [-0.25, -0.2) is 0 Å². The van der Waals surface area contributed by atoms with Crippen molar-refractivity contribution in [3.8, 4) is 11.1 Å². The molecule has 0 aliphatic carbocycles. The maximum absolute atomic E-state index is 6.35. The summed E-state index contributed by atoms with van der Waals surface area (Å²) in [4.78, 5) is 4.13. The van der Waals surface area contributed by atoms with Crippen LogP contribution in [0.1, 0.15) is 138 Å². The maximum atomic E-state index is 6.35. The first kappa shape index (κ1) is 79.2. The second-order valence-corrected chi connectivity index (χ2v) is 37.1. The fourth-order valence-corrected chi connectivity index (χ4v) is 16.7. The van der Waals surface area contributed by atoms with Crippen molar-refractivity contribution < 1.29 is 64.2 Å². The summed E-state index contributed by atoms with van der Waals surface area (Å²) in [6, 6.07) is 74.3. The molecule has 5 saturated heterocycles. The number of para-hydroxylation sites is 5.